The largest absolute Gasteiger partial charge is 0.455 e. The summed E-state index contributed by atoms with van der Waals surface area (Å²) in [5, 5.41) is 3.23. The van der Waals surface area contributed by atoms with Gasteiger partial charge in [0.1, 0.15) is 0 Å². The zero-order valence-corrected chi connectivity index (χ0v) is 16.2. The Balaban J connectivity index is 1.51. The number of carbonyl (C=O) groups is 3. The molecule has 0 radical (unpaired) electrons. The number of para-hydroxylation sites is 1. The summed E-state index contributed by atoms with van der Waals surface area (Å²) in [6, 6.07) is 16.3. The van der Waals surface area contributed by atoms with Crippen molar-refractivity contribution in [3.05, 3.63) is 65.2 Å². The molecule has 2 amide bonds. The van der Waals surface area contributed by atoms with Crippen molar-refractivity contribution in [3.8, 4) is 0 Å². The number of hydrogen-bond donors (Lipinski definition) is 1. The molecule has 0 spiro atoms. The van der Waals surface area contributed by atoms with Crippen molar-refractivity contribution >= 4 is 35.1 Å². The van der Waals surface area contributed by atoms with Crippen LogP contribution < -0.4 is 10.2 Å². The molecule has 146 valence electrons. The summed E-state index contributed by atoms with van der Waals surface area (Å²) < 4.78 is 5.12. The molecule has 0 saturated carbocycles. The van der Waals surface area contributed by atoms with E-state index in [4.69, 9.17) is 16.3 Å². The average molecular weight is 401 g/mol. The van der Waals surface area contributed by atoms with E-state index < -0.39 is 17.8 Å². The minimum absolute atomic E-state index is 0.0338. The Kier molecular flexibility index (Phi) is 6.31. The number of rotatable bonds is 6. The molecule has 0 aliphatic carbocycles. The van der Waals surface area contributed by atoms with Crippen molar-refractivity contribution in [1.82, 2.24) is 5.32 Å². The highest BCUT2D eigenvalue weighted by molar-refractivity contribution is 6.33. The highest BCUT2D eigenvalue weighted by atomic mass is 35.5. The van der Waals surface area contributed by atoms with E-state index in [-0.39, 0.29) is 31.5 Å². The third kappa shape index (κ3) is 4.70. The number of hydrogen-bond acceptors (Lipinski definition) is 4. The second kappa shape index (κ2) is 8.89. The lowest BCUT2D eigenvalue weighted by Gasteiger charge is -2.18. The molecular weight excluding hydrogens is 380 g/mol. The van der Waals surface area contributed by atoms with Crippen LogP contribution in [-0.4, -0.2) is 30.9 Å². The van der Waals surface area contributed by atoms with Gasteiger partial charge in [-0.15, -0.1) is 0 Å². The van der Waals surface area contributed by atoms with Crippen molar-refractivity contribution in [2.75, 3.05) is 18.1 Å². The first-order valence-electron chi connectivity index (χ1n) is 9.01. The monoisotopic (exact) mass is 400 g/mol. The van der Waals surface area contributed by atoms with Gasteiger partial charge < -0.3 is 15.0 Å². The molecule has 1 aliphatic heterocycles. The molecule has 0 aromatic heterocycles. The molecule has 2 atom stereocenters. The lowest BCUT2D eigenvalue weighted by atomic mass is 10.1. The minimum atomic E-state index is -0.622. The molecule has 1 saturated heterocycles. The van der Waals surface area contributed by atoms with Gasteiger partial charge in [-0.05, 0) is 24.6 Å². The van der Waals surface area contributed by atoms with Crippen LogP contribution in [0.5, 0.6) is 0 Å². The van der Waals surface area contributed by atoms with Crippen molar-refractivity contribution in [1.29, 1.82) is 0 Å². The molecule has 1 fully saturated rings. The van der Waals surface area contributed by atoms with Crippen LogP contribution >= 0.6 is 11.6 Å². The van der Waals surface area contributed by atoms with Gasteiger partial charge in [-0.25, -0.2) is 0 Å². The van der Waals surface area contributed by atoms with E-state index in [1.807, 2.05) is 37.3 Å². The number of esters is 1. The van der Waals surface area contributed by atoms with Crippen LogP contribution in [0.1, 0.15) is 24.9 Å². The lowest BCUT2D eigenvalue weighted by Crippen LogP contribution is -2.32. The van der Waals surface area contributed by atoms with Crippen LogP contribution in [-0.2, 0) is 19.1 Å². The van der Waals surface area contributed by atoms with E-state index in [9.17, 15) is 14.4 Å². The normalized spacial score (nSPS) is 17.3. The van der Waals surface area contributed by atoms with Crippen LogP contribution in [0, 0.1) is 5.92 Å². The zero-order chi connectivity index (χ0) is 20.1. The highest BCUT2D eigenvalue weighted by Gasteiger charge is 2.37. The van der Waals surface area contributed by atoms with Gasteiger partial charge in [0.05, 0.1) is 22.7 Å². The van der Waals surface area contributed by atoms with Gasteiger partial charge in [0.2, 0.25) is 5.91 Å². The fraction of sp³-hybridized carbons (Fsp3) is 0.286. The van der Waals surface area contributed by atoms with Crippen molar-refractivity contribution < 1.29 is 19.1 Å². The zero-order valence-electron chi connectivity index (χ0n) is 15.4. The smallest absolute Gasteiger partial charge is 0.311 e. The number of ether oxygens (including phenoxy) is 1. The maximum absolute atomic E-state index is 12.3. The molecule has 7 heteroatoms. The third-order valence-electron chi connectivity index (χ3n) is 4.62. The summed E-state index contributed by atoms with van der Waals surface area (Å²) in [6.07, 6.45) is 0.0338. The topological polar surface area (TPSA) is 75.7 Å². The van der Waals surface area contributed by atoms with Gasteiger partial charge >= 0.3 is 5.97 Å². The predicted octanol–water partition coefficient (Wildman–Crippen LogP) is 3.11. The Labute approximate surface area is 168 Å². The van der Waals surface area contributed by atoms with E-state index in [0.717, 1.165) is 5.56 Å². The van der Waals surface area contributed by atoms with E-state index in [0.29, 0.717) is 10.7 Å². The number of anilines is 1. The summed E-state index contributed by atoms with van der Waals surface area (Å²) in [4.78, 5) is 38.1. The molecule has 0 bridgehead atoms. The Bertz CT molecular complexity index is 872. The summed E-state index contributed by atoms with van der Waals surface area (Å²) in [6.45, 7) is 1.66. The molecule has 1 N–H and O–H groups in total. The summed E-state index contributed by atoms with van der Waals surface area (Å²) in [5.41, 5.74) is 1.53. The first-order chi connectivity index (χ1) is 13.5. The molecule has 2 aromatic rings. The van der Waals surface area contributed by atoms with E-state index in [1.165, 1.54) is 4.90 Å². The maximum atomic E-state index is 12.3. The number of halogens is 1. The first-order valence-corrected chi connectivity index (χ1v) is 9.39. The van der Waals surface area contributed by atoms with Gasteiger partial charge in [-0.2, -0.15) is 0 Å². The third-order valence-corrected chi connectivity index (χ3v) is 4.94. The Morgan fingerprint density at radius 2 is 1.86 bits per heavy atom. The second-order valence-corrected chi connectivity index (χ2v) is 7.07. The van der Waals surface area contributed by atoms with Crippen LogP contribution in [0.25, 0.3) is 0 Å². The summed E-state index contributed by atoms with van der Waals surface area (Å²) >= 11 is 6.14. The lowest BCUT2D eigenvalue weighted by molar-refractivity contribution is -0.152. The minimum Gasteiger partial charge on any atom is -0.455 e. The maximum Gasteiger partial charge on any atom is 0.311 e. The van der Waals surface area contributed by atoms with Crippen molar-refractivity contribution in [3.63, 3.8) is 0 Å². The standard InChI is InChI=1S/C21H21ClN2O4/c1-14(15-7-3-2-4-8-15)23-19(25)13-28-21(27)16-11-20(26)24(12-16)18-10-6-5-9-17(18)22/h2-10,14,16H,11-13H2,1H3,(H,23,25)/t14-,16+/m0/s1. The number of nitrogens with one attached hydrogen (secondary N) is 1. The number of carbonyl (C=O) groups excluding carboxylic acids is 3. The number of benzene rings is 2. The van der Waals surface area contributed by atoms with Crippen LogP contribution in [0.15, 0.2) is 54.6 Å². The second-order valence-electron chi connectivity index (χ2n) is 6.66. The summed E-state index contributed by atoms with van der Waals surface area (Å²) in [7, 11) is 0. The number of nitrogens with zero attached hydrogens (tertiary/aromatic N) is 1. The Morgan fingerprint density at radius 3 is 2.57 bits per heavy atom. The Morgan fingerprint density at radius 1 is 1.18 bits per heavy atom. The van der Waals surface area contributed by atoms with E-state index >= 15 is 0 Å². The van der Waals surface area contributed by atoms with Gasteiger partial charge in [-0.3, -0.25) is 14.4 Å². The van der Waals surface area contributed by atoms with Gasteiger partial charge in [0.15, 0.2) is 6.61 Å². The van der Waals surface area contributed by atoms with Crippen molar-refractivity contribution in [2.24, 2.45) is 5.92 Å². The highest BCUT2D eigenvalue weighted by Crippen LogP contribution is 2.31. The number of amides is 2. The predicted molar refractivity (Wildman–Crippen MR) is 106 cm³/mol. The molecule has 1 heterocycles. The Hall–Kier alpha value is -2.86. The molecule has 0 unspecified atom stereocenters. The first kappa shape index (κ1) is 19.9. The summed E-state index contributed by atoms with van der Waals surface area (Å²) in [5.74, 6) is -1.78. The van der Waals surface area contributed by atoms with E-state index in [2.05, 4.69) is 5.32 Å². The van der Waals surface area contributed by atoms with Gasteiger partial charge in [0.25, 0.3) is 5.91 Å². The van der Waals surface area contributed by atoms with Crippen LogP contribution in [0.2, 0.25) is 5.02 Å². The van der Waals surface area contributed by atoms with Gasteiger partial charge in [0, 0.05) is 13.0 Å². The molecule has 28 heavy (non-hydrogen) atoms. The van der Waals surface area contributed by atoms with Gasteiger partial charge in [-0.1, -0.05) is 54.1 Å². The molecule has 2 aromatic carbocycles. The van der Waals surface area contributed by atoms with Crippen LogP contribution in [0.4, 0.5) is 5.69 Å². The molecule has 6 nitrogen and oxygen atoms in total. The van der Waals surface area contributed by atoms with E-state index in [1.54, 1.807) is 24.3 Å². The SMILES string of the molecule is C[C@H](NC(=O)COC(=O)[C@@H]1CC(=O)N(c2ccccc2Cl)C1)c1ccccc1. The average Bonchev–Trinajstić information content (AvgIpc) is 3.08. The molecule has 1 aliphatic rings. The molecular formula is C21H21ClN2O4. The molecule has 3 rings (SSSR count). The fourth-order valence-electron chi connectivity index (χ4n) is 3.13. The quantitative estimate of drug-likeness (QED) is 0.756. The van der Waals surface area contributed by atoms with Crippen LogP contribution in [0.3, 0.4) is 0 Å². The van der Waals surface area contributed by atoms with Crippen molar-refractivity contribution in [2.45, 2.75) is 19.4 Å². The fourth-order valence-corrected chi connectivity index (χ4v) is 3.37.